The Bertz CT molecular complexity index is 511. The van der Waals surface area contributed by atoms with Crippen molar-refractivity contribution in [1.29, 1.82) is 0 Å². The number of carbonyl (C=O) groups excluding carboxylic acids is 1. The van der Waals surface area contributed by atoms with E-state index in [9.17, 15) is 9.59 Å². The summed E-state index contributed by atoms with van der Waals surface area (Å²) in [6.07, 6.45) is 2.57. The molecule has 0 radical (unpaired) electrons. The van der Waals surface area contributed by atoms with E-state index in [1.807, 2.05) is 27.7 Å². The van der Waals surface area contributed by atoms with E-state index in [0.29, 0.717) is 5.16 Å². The Morgan fingerprint density at radius 1 is 1.45 bits per heavy atom. The highest BCUT2D eigenvalue weighted by Gasteiger charge is 2.17. The van der Waals surface area contributed by atoms with Crippen molar-refractivity contribution in [2.45, 2.75) is 57.7 Å². The second-order valence-electron chi connectivity index (χ2n) is 5.37. The summed E-state index contributed by atoms with van der Waals surface area (Å²) in [5, 5.41) is 3.46. The molecule has 0 aromatic carbocycles. The third-order valence-corrected chi connectivity index (χ3v) is 3.85. The maximum atomic E-state index is 11.8. The lowest BCUT2D eigenvalue weighted by molar-refractivity contribution is -0.120. The third kappa shape index (κ3) is 5.77. The predicted octanol–water partition coefficient (Wildman–Crippen LogP) is 2.12. The SMILES string of the molecule is CCCc1cc(=O)[nH]c(SCC(=O)NC(C)(C)CC)n1. The summed E-state index contributed by atoms with van der Waals surface area (Å²) in [6.45, 7) is 8.03. The Morgan fingerprint density at radius 3 is 2.75 bits per heavy atom. The second kappa shape index (κ2) is 7.47. The fourth-order valence-electron chi connectivity index (χ4n) is 1.57. The topological polar surface area (TPSA) is 74.8 Å². The number of nitrogens with zero attached hydrogens (tertiary/aromatic N) is 1. The highest BCUT2D eigenvalue weighted by molar-refractivity contribution is 7.99. The number of aryl methyl sites for hydroxylation is 1. The van der Waals surface area contributed by atoms with Gasteiger partial charge in [-0.15, -0.1) is 0 Å². The summed E-state index contributed by atoms with van der Waals surface area (Å²) in [5.74, 6) is 0.201. The Kier molecular flexibility index (Phi) is 6.26. The van der Waals surface area contributed by atoms with Gasteiger partial charge in [0.25, 0.3) is 5.56 Å². The van der Waals surface area contributed by atoms with Gasteiger partial charge in [-0.1, -0.05) is 32.0 Å². The third-order valence-electron chi connectivity index (χ3n) is 2.98. The van der Waals surface area contributed by atoms with Crippen LogP contribution in [0.25, 0.3) is 0 Å². The van der Waals surface area contributed by atoms with Crippen LogP contribution in [0.1, 0.15) is 46.2 Å². The van der Waals surface area contributed by atoms with Gasteiger partial charge in [0.2, 0.25) is 5.91 Å². The molecule has 0 atom stereocenters. The Hall–Kier alpha value is -1.30. The average Bonchev–Trinajstić information content (AvgIpc) is 2.36. The van der Waals surface area contributed by atoms with Crippen molar-refractivity contribution >= 4 is 17.7 Å². The van der Waals surface area contributed by atoms with Gasteiger partial charge in [0.05, 0.1) is 5.75 Å². The van der Waals surface area contributed by atoms with E-state index < -0.39 is 0 Å². The van der Waals surface area contributed by atoms with E-state index in [1.54, 1.807) is 0 Å². The summed E-state index contributed by atoms with van der Waals surface area (Å²) in [7, 11) is 0. The second-order valence-corrected chi connectivity index (χ2v) is 6.33. The van der Waals surface area contributed by atoms with Crippen molar-refractivity contribution < 1.29 is 4.79 Å². The lowest BCUT2D eigenvalue weighted by atomic mass is 10.0. The molecule has 5 nitrogen and oxygen atoms in total. The maximum absolute atomic E-state index is 11.8. The van der Waals surface area contributed by atoms with E-state index in [2.05, 4.69) is 15.3 Å². The summed E-state index contributed by atoms with van der Waals surface area (Å²) in [4.78, 5) is 30.3. The summed E-state index contributed by atoms with van der Waals surface area (Å²) in [5.41, 5.74) is 0.399. The standard InChI is InChI=1S/C14H23N3O2S/c1-5-7-10-8-11(18)16-13(15-10)20-9-12(19)17-14(3,4)6-2/h8H,5-7,9H2,1-4H3,(H,17,19)(H,15,16,18). The molecule has 0 fully saturated rings. The maximum Gasteiger partial charge on any atom is 0.251 e. The largest absolute Gasteiger partial charge is 0.351 e. The van der Waals surface area contributed by atoms with Crippen LogP contribution in [-0.4, -0.2) is 27.2 Å². The molecule has 0 spiro atoms. The van der Waals surface area contributed by atoms with Crippen molar-refractivity contribution in [2.24, 2.45) is 0 Å². The number of thioether (sulfide) groups is 1. The molecule has 0 aliphatic rings. The first kappa shape index (κ1) is 16.8. The van der Waals surface area contributed by atoms with Crippen molar-refractivity contribution in [2.75, 3.05) is 5.75 Å². The fraction of sp³-hybridized carbons (Fsp3) is 0.643. The molecular weight excluding hydrogens is 274 g/mol. The zero-order valence-corrected chi connectivity index (χ0v) is 13.4. The number of amides is 1. The molecule has 0 aliphatic heterocycles. The number of rotatable bonds is 7. The highest BCUT2D eigenvalue weighted by atomic mass is 32.2. The van der Waals surface area contributed by atoms with E-state index >= 15 is 0 Å². The molecule has 0 bridgehead atoms. The van der Waals surface area contributed by atoms with Crippen LogP contribution in [0, 0.1) is 0 Å². The van der Waals surface area contributed by atoms with Gasteiger partial charge < -0.3 is 10.3 Å². The molecule has 0 saturated heterocycles. The summed E-state index contributed by atoms with van der Waals surface area (Å²) in [6, 6.07) is 1.51. The van der Waals surface area contributed by atoms with Crippen LogP contribution in [0.2, 0.25) is 0 Å². The first-order valence-corrected chi connectivity index (χ1v) is 7.89. The zero-order valence-electron chi connectivity index (χ0n) is 12.6. The number of aromatic amines is 1. The normalized spacial score (nSPS) is 11.4. The molecule has 1 rings (SSSR count). The van der Waals surface area contributed by atoms with Crippen LogP contribution in [0.3, 0.4) is 0 Å². The van der Waals surface area contributed by atoms with Crippen molar-refractivity contribution in [3.63, 3.8) is 0 Å². The van der Waals surface area contributed by atoms with E-state index in [0.717, 1.165) is 25.0 Å². The van der Waals surface area contributed by atoms with Gasteiger partial charge in [0, 0.05) is 17.3 Å². The molecule has 0 saturated carbocycles. The Morgan fingerprint density at radius 2 is 2.15 bits per heavy atom. The molecule has 6 heteroatoms. The first-order valence-electron chi connectivity index (χ1n) is 6.90. The van der Waals surface area contributed by atoms with Gasteiger partial charge in [0.15, 0.2) is 5.16 Å². The smallest absolute Gasteiger partial charge is 0.251 e. The quantitative estimate of drug-likeness (QED) is 0.597. The Labute approximate surface area is 124 Å². The lowest BCUT2D eigenvalue weighted by Crippen LogP contribution is -2.43. The van der Waals surface area contributed by atoms with Crippen LogP contribution in [-0.2, 0) is 11.2 Å². The van der Waals surface area contributed by atoms with Crippen molar-refractivity contribution in [3.05, 3.63) is 22.1 Å². The highest BCUT2D eigenvalue weighted by Crippen LogP contribution is 2.13. The van der Waals surface area contributed by atoms with Gasteiger partial charge in [-0.25, -0.2) is 4.98 Å². The van der Waals surface area contributed by atoms with Crippen LogP contribution in [0.15, 0.2) is 16.0 Å². The summed E-state index contributed by atoms with van der Waals surface area (Å²) < 4.78 is 0. The van der Waals surface area contributed by atoms with Crippen molar-refractivity contribution in [3.8, 4) is 0 Å². The molecule has 20 heavy (non-hydrogen) atoms. The predicted molar refractivity (Wildman–Crippen MR) is 82.1 cm³/mol. The van der Waals surface area contributed by atoms with Crippen LogP contribution in [0.4, 0.5) is 0 Å². The number of carbonyl (C=O) groups is 1. The zero-order chi connectivity index (χ0) is 15.2. The van der Waals surface area contributed by atoms with E-state index in [-0.39, 0.29) is 22.8 Å². The summed E-state index contributed by atoms with van der Waals surface area (Å²) >= 11 is 1.26. The Balaban J connectivity index is 2.61. The number of nitrogens with one attached hydrogen (secondary N) is 2. The minimum atomic E-state index is -0.206. The number of hydrogen-bond donors (Lipinski definition) is 2. The molecule has 1 amide bonds. The van der Waals surface area contributed by atoms with Crippen molar-refractivity contribution in [1.82, 2.24) is 15.3 Å². The number of aromatic nitrogens is 2. The fourth-order valence-corrected chi connectivity index (χ4v) is 2.27. The molecule has 112 valence electrons. The molecule has 1 heterocycles. The van der Waals surface area contributed by atoms with Crippen LogP contribution >= 0.6 is 11.8 Å². The average molecular weight is 297 g/mol. The van der Waals surface area contributed by atoms with Gasteiger partial charge in [-0.3, -0.25) is 9.59 Å². The van der Waals surface area contributed by atoms with Gasteiger partial charge in [-0.2, -0.15) is 0 Å². The van der Waals surface area contributed by atoms with Crippen LogP contribution < -0.4 is 10.9 Å². The minimum Gasteiger partial charge on any atom is -0.351 e. The number of H-pyrrole nitrogens is 1. The monoisotopic (exact) mass is 297 g/mol. The molecule has 0 aliphatic carbocycles. The lowest BCUT2D eigenvalue weighted by Gasteiger charge is -2.24. The van der Waals surface area contributed by atoms with E-state index in [4.69, 9.17) is 0 Å². The molecule has 1 aromatic heterocycles. The van der Waals surface area contributed by atoms with Gasteiger partial charge >= 0.3 is 0 Å². The minimum absolute atomic E-state index is 0.0506. The van der Waals surface area contributed by atoms with E-state index in [1.165, 1.54) is 17.8 Å². The molecule has 1 aromatic rings. The van der Waals surface area contributed by atoms with Gasteiger partial charge in [-0.05, 0) is 26.7 Å². The van der Waals surface area contributed by atoms with Crippen LogP contribution in [0.5, 0.6) is 0 Å². The molecule has 0 unspecified atom stereocenters. The first-order chi connectivity index (χ1) is 9.36. The van der Waals surface area contributed by atoms with Gasteiger partial charge in [0.1, 0.15) is 0 Å². The molecular formula is C14H23N3O2S. The number of hydrogen-bond acceptors (Lipinski definition) is 4. The molecule has 2 N–H and O–H groups in total.